The van der Waals surface area contributed by atoms with E-state index < -0.39 is 17.7 Å². The van der Waals surface area contributed by atoms with Gasteiger partial charge in [0, 0.05) is 35.4 Å². The maximum atomic E-state index is 10.1. The van der Waals surface area contributed by atoms with Crippen LogP contribution in [0, 0.1) is 95.1 Å². The van der Waals surface area contributed by atoms with Crippen LogP contribution in [-0.4, -0.2) is 84.8 Å². The summed E-state index contributed by atoms with van der Waals surface area (Å²) < 4.78 is 39.4. The van der Waals surface area contributed by atoms with E-state index in [4.69, 9.17) is 28.4 Å². The molecule has 10 fully saturated rings. The molecule has 10 aliphatic carbocycles. The van der Waals surface area contributed by atoms with E-state index in [2.05, 4.69) is 130 Å². The average molecular weight is 1100 g/mol. The van der Waals surface area contributed by atoms with Crippen molar-refractivity contribution in [3.05, 3.63) is 23.3 Å². The van der Waals surface area contributed by atoms with Crippen molar-refractivity contribution < 1.29 is 38.6 Å². The van der Waals surface area contributed by atoms with Gasteiger partial charge in [-0.3, -0.25) is 0 Å². The highest BCUT2D eigenvalue weighted by Gasteiger charge is 2.72. The van der Waals surface area contributed by atoms with E-state index in [9.17, 15) is 10.2 Å². The molecule has 0 bridgehead atoms. The SMILES string of the molecule is CC(O)CO[C@@H]1CC(C)(C)C[C@H]2C3=CCC4[C@@]5(C)CC[C@@H]6OC(C)(C)OC[C@]6(C)C5CC[C@@]4(C)[C@]3(C)CC[C@@]12C.CC1(C)CC[C@]2(OCCCO)CC[C@]3(C)C(=CCC4[C@@]5(C)CC[C@@H]6OC(C)(C)OC[C@]6(C)C5CC[C@]43C)[C@@H]2C1. The first kappa shape index (κ1) is 59.9. The summed E-state index contributed by atoms with van der Waals surface area (Å²) in [6.07, 6.45) is 30.1. The molecular weight excluding hydrogens is 981 g/mol. The standard InChI is InChI=1S/C36H60O4.C35H58O4/c1-23(37)21-38-29-20-30(2,3)19-25-24-11-12-27-33(7)15-14-28-34(8,22-39-31(4,5)40-28)26(33)13-16-36(27,10)35(24,9)18-17-32(25,29)6;1-29(2)16-18-35(37-21-9-20-36)19-17-33(7)24(25(35)22-29)10-11-27-31(5)14-13-28-32(6,23-38-30(3,4)39-28)26(31)12-15-34(27,33)8/h11,23,25-29,37H,12-22H2,1-10H3;10,25-28,36H,9,11-23H2,1-8H3/t23?,25-,26?,27?,28-,29+,32+,33-,34+,35+,36+;25-,26?,27?,28-,31-,32+,33+,34+,35-/m00/s1. The third-order valence-corrected chi connectivity index (χ3v) is 28.7. The fraction of sp³-hybridized carbons (Fsp3) is 0.944. The lowest BCUT2D eigenvalue weighted by Crippen LogP contribution is -2.68. The Morgan fingerprint density at radius 3 is 1.51 bits per heavy atom. The van der Waals surface area contributed by atoms with Gasteiger partial charge in [-0.1, -0.05) is 113 Å². The minimum atomic E-state index is -0.462. The van der Waals surface area contributed by atoms with Crippen molar-refractivity contribution in [3.8, 4) is 0 Å². The fourth-order valence-electron chi connectivity index (χ4n) is 23.7. The summed E-state index contributed by atoms with van der Waals surface area (Å²) in [5.74, 6) is 2.84. The number of allylic oxidation sites excluding steroid dienone is 3. The van der Waals surface area contributed by atoms with Crippen LogP contribution in [0.1, 0.15) is 253 Å². The van der Waals surface area contributed by atoms with Gasteiger partial charge in [-0.05, 0) is 236 Å². The number of aliphatic hydroxyl groups is 2. The smallest absolute Gasteiger partial charge is 0.163 e. The lowest BCUT2D eigenvalue weighted by atomic mass is 9.33. The van der Waals surface area contributed by atoms with E-state index in [-0.39, 0.29) is 50.8 Å². The molecule has 0 aromatic carbocycles. The van der Waals surface area contributed by atoms with Crippen LogP contribution in [0.3, 0.4) is 0 Å². The van der Waals surface area contributed by atoms with Crippen LogP contribution in [-0.2, 0) is 28.4 Å². The molecule has 8 heteroatoms. The summed E-state index contributed by atoms with van der Waals surface area (Å²) in [4.78, 5) is 0. The van der Waals surface area contributed by atoms with Crippen molar-refractivity contribution in [2.75, 3.05) is 33.0 Å². The third kappa shape index (κ3) is 8.99. The summed E-state index contributed by atoms with van der Waals surface area (Å²) in [5.41, 5.74) is 6.13. The summed E-state index contributed by atoms with van der Waals surface area (Å²) in [6, 6.07) is 0. The molecule has 12 aliphatic rings. The Kier molecular flexibility index (Phi) is 14.7. The highest BCUT2D eigenvalue weighted by Crippen LogP contribution is 2.78. The van der Waals surface area contributed by atoms with Crippen molar-refractivity contribution in [2.45, 2.75) is 295 Å². The largest absolute Gasteiger partial charge is 0.396 e. The number of hydrogen-bond acceptors (Lipinski definition) is 8. The highest BCUT2D eigenvalue weighted by molar-refractivity contribution is 5.36. The fourth-order valence-corrected chi connectivity index (χ4v) is 23.7. The highest BCUT2D eigenvalue weighted by atomic mass is 16.7. The Morgan fingerprint density at radius 2 is 1.00 bits per heavy atom. The van der Waals surface area contributed by atoms with Gasteiger partial charge in [-0.25, -0.2) is 0 Å². The van der Waals surface area contributed by atoms with E-state index in [1.807, 2.05) is 6.92 Å². The monoisotopic (exact) mass is 1100 g/mol. The second-order valence-electron chi connectivity index (χ2n) is 35.0. The van der Waals surface area contributed by atoms with Crippen molar-refractivity contribution >= 4 is 0 Å². The Hall–Kier alpha value is -0.840. The second kappa shape index (κ2) is 19.3. The normalized spacial score (nSPS) is 52.7. The van der Waals surface area contributed by atoms with E-state index in [0.29, 0.717) is 88.0 Å². The molecule has 5 unspecified atom stereocenters. The van der Waals surface area contributed by atoms with Crippen LogP contribution in [0.25, 0.3) is 0 Å². The first-order valence-corrected chi connectivity index (χ1v) is 33.1. The molecule has 2 aliphatic heterocycles. The third-order valence-electron chi connectivity index (χ3n) is 28.7. The zero-order valence-corrected chi connectivity index (χ0v) is 53.9. The minimum absolute atomic E-state index is 0.0323. The molecule has 20 atom stereocenters. The molecule has 8 nitrogen and oxygen atoms in total. The van der Waals surface area contributed by atoms with E-state index in [1.54, 1.807) is 11.1 Å². The second-order valence-corrected chi connectivity index (χ2v) is 35.0. The summed E-state index contributed by atoms with van der Waals surface area (Å²) in [7, 11) is 0. The zero-order chi connectivity index (χ0) is 57.3. The summed E-state index contributed by atoms with van der Waals surface area (Å²) in [6.45, 7) is 46.7. The van der Waals surface area contributed by atoms with E-state index >= 15 is 0 Å². The molecule has 0 aromatic rings. The van der Waals surface area contributed by atoms with Gasteiger partial charge in [0.05, 0.1) is 49.8 Å². The average Bonchev–Trinajstić information content (AvgIpc) is 3.39. The maximum Gasteiger partial charge on any atom is 0.163 e. The van der Waals surface area contributed by atoms with Gasteiger partial charge >= 0.3 is 0 Å². The number of fused-ring (bicyclic) bond motifs is 18. The van der Waals surface area contributed by atoms with E-state index in [0.717, 1.165) is 38.9 Å². The summed E-state index contributed by atoms with van der Waals surface area (Å²) in [5, 5.41) is 19.6. The van der Waals surface area contributed by atoms with Crippen LogP contribution in [0.15, 0.2) is 23.3 Å². The number of hydrogen-bond donors (Lipinski definition) is 2. The molecule has 2 heterocycles. The first-order chi connectivity index (χ1) is 36.6. The lowest BCUT2D eigenvalue weighted by Gasteiger charge is -2.72. The lowest BCUT2D eigenvalue weighted by molar-refractivity contribution is -0.351. The molecule has 79 heavy (non-hydrogen) atoms. The van der Waals surface area contributed by atoms with Gasteiger partial charge < -0.3 is 38.6 Å². The molecule has 0 radical (unpaired) electrons. The first-order valence-electron chi connectivity index (χ1n) is 33.1. The molecule has 2 N–H and O–H groups in total. The molecule has 2 saturated heterocycles. The Morgan fingerprint density at radius 1 is 0.519 bits per heavy atom. The van der Waals surface area contributed by atoms with Crippen LogP contribution in [0.2, 0.25) is 0 Å². The molecule has 8 saturated carbocycles. The predicted molar refractivity (Wildman–Crippen MR) is 317 cm³/mol. The van der Waals surface area contributed by atoms with Gasteiger partial charge in [-0.2, -0.15) is 0 Å². The van der Waals surface area contributed by atoms with Gasteiger partial charge in [0.25, 0.3) is 0 Å². The van der Waals surface area contributed by atoms with Crippen LogP contribution < -0.4 is 0 Å². The van der Waals surface area contributed by atoms with Gasteiger partial charge in [-0.15, -0.1) is 0 Å². The molecular formula is C71H118O8. The maximum absolute atomic E-state index is 10.1. The molecule has 0 aromatic heterocycles. The van der Waals surface area contributed by atoms with Crippen molar-refractivity contribution in [3.63, 3.8) is 0 Å². The molecule has 12 rings (SSSR count). The van der Waals surface area contributed by atoms with Crippen LogP contribution in [0.4, 0.5) is 0 Å². The Balaban J connectivity index is 0.000000167. The van der Waals surface area contributed by atoms with Crippen LogP contribution in [0.5, 0.6) is 0 Å². The predicted octanol–water partition coefficient (Wildman–Crippen LogP) is 16.4. The minimum Gasteiger partial charge on any atom is -0.396 e. The molecule has 450 valence electrons. The molecule has 0 spiro atoms. The van der Waals surface area contributed by atoms with Gasteiger partial charge in [0.1, 0.15) is 0 Å². The Bertz CT molecular complexity index is 2370. The quantitative estimate of drug-likeness (QED) is 0.192. The van der Waals surface area contributed by atoms with Crippen molar-refractivity contribution in [1.82, 2.24) is 0 Å². The van der Waals surface area contributed by atoms with Gasteiger partial charge in [0.2, 0.25) is 0 Å². The number of aliphatic hydroxyl groups excluding tert-OH is 2. The number of ether oxygens (including phenoxy) is 6. The Labute approximate surface area is 482 Å². The zero-order valence-electron chi connectivity index (χ0n) is 53.9. The van der Waals surface area contributed by atoms with E-state index in [1.165, 1.54) is 103 Å². The van der Waals surface area contributed by atoms with Crippen LogP contribution >= 0.6 is 0 Å². The van der Waals surface area contributed by atoms with Gasteiger partial charge in [0.15, 0.2) is 11.6 Å². The van der Waals surface area contributed by atoms with Crippen molar-refractivity contribution in [2.24, 2.45) is 95.1 Å². The number of rotatable bonds is 7. The summed E-state index contributed by atoms with van der Waals surface area (Å²) >= 11 is 0. The molecule has 0 amide bonds. The van der Waals surface area contributed by atoms with Crippen molar-refractivity contribution in [1.29, 1.82) is 0 Å². The topological polar surface area (TPSA) is 95.8 Å².